The number of carboxylic acids is 1. The van der Waals surface area contributed by atoms with Gasteiger partial charge in [-0.1, -0.05) is 69.4 Å². The molecule has 0 saturated heterocycles. The molecule has 2 heteroatoms. The predicted octanol–water partition coefficient (Wildman–Crippen LogP) is 6.50. The Hall–Kier alpha value is -0.790. The maximum Gasteiger partial charge on any atom is 0.303 e. The molecule has 0 spiro atoms. The van der Waals surface area contributed by atoms with Gasteiger partial charge in [0, 0.05) is 6.42 Å². The Balaban J connectivity index is 1.39. The summed E-state index contributed by atoms with van der Waals surface area (Å²) in [5, 5.41) is 8.57. The van der Waals surface area contributed by atoms with Gasteiger partial charge in [0.05, 0.1) is 0 Å². The van der Waals surface area contributed by atoms with E-state index in [-0.39, 0.29) is 0 Å². The Labute approximate surface area is 142 Å². The van der Waals surface area contributed by atoms with Crippen molar-refractivity contribution in [1.82, 2.24) is 0 Å². The van der Waals surface area contributed by atoms with E-state index in [1.165, 1.54) is 77.0 Å². The van der Waals surface area contributed by atoms with Gasteiger partial charge in [0.25, 0.3) is 0 Å². The lowest BCUT2D eigenvalue weighted by Crippen LogP contribution is -2.08. The van der Waals surface area contributed by atoms with E-state index >= 15 is 0 Å². The number of hydrogen-bond acceptors (Lipinski definition) is 1. The van der Waals surface area contributed by atoms with Crippen LogP contribution in [0.15, 0.2) is 11.1 Å². The standard InChI is InChI=1S/C21H36O2/c1-2-17-14-20-16-19(17)15-18(20)12-10-8-6-4-3-5-7-9-11-13-21(22)23/h17,19H,2-16H2,1H3,(H,22,23). The molecule has 2 rings (SSSR count). The summed E-state index contributed by atoms with van der Waals surface area (Å²) >= 11 is 0. The smallest absolute Gasteiger partial charge is 0.303 e. The minimum absolute atomic E-state index is 0.345. The Morgan fingerprint density at radius 3 is 2.04 bits per heavy atom. The van der Waals surface area contributed by atoms with Crippen LogP contribution >= 0.6 is 0 Å². The third-order valence-corrected chi connectivity index (χ3v) is 6.09. The molecule has 2 aliphatic carbocycles. The number of unbranched alkanes of at least 4 members (excludes halogenated alkanes) is 8. The second-order valence-electron chi connectivity index (χ2n) is 7.82. The largest absolute Gasteiger partial charge is 0.481 e. The number of carbonyl (C=O) groups is 1. The quantitative estimate of drug-likeness (QED) is 0.311. The van der Waals surface area contributed by atoms with Crippen molar-refractivity contribution in [3.63, 3.8) is 0 Å². The Kier molecular flexibility index (Phi) is 8.19. The second-order valence-corrected chi connectivity index (χ2v) is 7.82. The maximum absolute atomic E-state index is 10.4. The van der Waals surface area contributed by atoms with Crippen LogP contribution < -0.4 is 0 Å². The van der Waals surface area contributed by atoms with Gasteiger partial charge in [-0.3, -0.25) is 4.79 Å². The van der Waals surface area contributed by atoms with E-state index in [0.29, 0.717) is 6.42 Å². The van der Waals surface area contributed by atoms with Gasteiger partial charge in [-0.05, 0) is 50.4 Å². The Morgan fingerprint density at radius 1 is 0.913 bits per heavy atom. The highest BCUT2D eigenvalue weighted by Crippen LogP contribution is 2.50. The minimum Gasteiger partial charge on any atom is -0.481 e. The average molecular weight is 321 g/mol. The van der Waals surface area contributed by atoms with Crippen molar-refractivity contribution >= 4 is 5.97 Å². The third kappa shape index (κ3) is 6.31. The first kappa shape index (κ1) is 18.5. The molecule has 0 radical (unpaired) electrons. The van der Waals surface area contributed by atoms with Crippen LogP contribution in [-0.2, 0) is 4.79 Å². The molecule has 2 atom stereocenters. The number of fused-ring (bicyclic) bond motifs is 2. The first-order valence-corrected chi connectivity index (χ1v) is 10.1. The fourth-order valence-corrected chi connectivity index (χ4v) is 4.65. The molecule has 0 amide bonds. The molecule has 132 valence electrons. The van der Waals surface area contributed by atoms with E-state index in [9.17, 15) is 4.79 Å². The molecule has 1 saturated carbocycles. The van der Waals surface area contributed by atoms with Crippen LogP contribution in [0.25, 0.3) is 0 Å². The molecule has 2 nitrogen and oxygen atoms in total. The molecule has 0 heterocycles. The summed E-state index contributed by atoms with van der Waals surface area (Å²) in [6, 6.07) is 0. The van der Waals surface area contributed by atoms with E-state index in [1.54, 1.807) is 0 Å². The normalized spacial score (nSPS) is 23.0. The van der Waals surface area contributed by atoms with Gasteiger partial charge in [-0.25, -0.2) is 0 Å². The van der Waals surface area contributed by atoms with E-state index in [2.05, 4.69) is 6.92 Å². The van der Waals surface area contributed by atoms with Crippen molar-refractivity contribution in [2.24, 2.45) is 11.8 Å². The molecule has 2 bridgehead atoms. The van der Waals surface area contributed by atoms with Gasteiger partial charge in [-0.2, -0.15) is 0 Å². The summed E-state index contributed by atoms with van der Waals surface area (Å²) < 4.78 is 0. The molecule has 2 aliphatic rings. The summed E-state index contributed by atoms with van der Waals surface area (Å²) in [5.74, 6) is 1.39. The highest BCUT2D eigenvalue weighted by atomic mass is 16.4. The van der Waals surface area contributed by atoms with Crippen LogP contribution in [0.2, 0.25) is 0 Å². The number of hydrogen-bond donors (Lipinski definition) is 1. The van der Waals surface area contributed by atoms with E-state index in [1.807, 2.05) is 11.1 Å². The summed E-state index contributed by atoms with van der Waals surface area (Å²) in [4.78, 5) is 10.4. The van der Waals surface area contributed by atoms with Crippen molar-refractivity contribution < 1.29 is 9.90 Å². The van der Waals surface area contributed by atoms with Crippen molar-refractivity contribution in [3.05, 3.63) is 11.1 Å². The van der Waals surface area contributed by atoms with Crippen LogP contribution in [0.1, 0.15) is 103 Å². The summed E-state index contributed by atoms with van der Waals surface area (Å²) in [6.45, 7) is 2.36. The van der Waals surface area contributed by atoms with Gasteiger partial charge in [-0.15, -0.1) is 0 Å². The van der Waals surface area contributed by atoms with Crippen LogP contribution in [0.5, 0.6) is 0 Å². The van der Waals surface area contributed by atoms with Crippen LogP contribution in [-0.4, -0.2) is 11.1 Å². The van der Waals surface area contributed by atoms with Gasteiger partial charge in [0.2, 0.25) is 0 Å². The number of rotatable bonds is 13. The van der Waals surface area contributed by atoms with Crippen molar-refractivity contribution in [1.29, 1.82) is 0 Å². The van der Waals surface area contributed by atoms with Crippen molar-refractivity contribution in [2.75, 3.05) is 0 Å². The molecule has 0 aromatic heterocycles. The molecular formula is C21H36O2. The molecule has 2 unspecified atom stereocenters. The number of carboxylic acid groups (broad SMARTS) is 1. The molecule has 0 aromatic rings. The van der Waals surface area contributed by atoms with Gasteiger partial charge >= 0.3 is 5.97 Å². The zero-order valence-electron chi connectivity index (χ0n) is 15.1. The SMILES string of the molecule is CCC1CC2=C(CCCCCCCCCCCC(=O)O)CC1C2. The molecule has 23 heavy (non-hydrogen) atoms. The fraction of sp³-hybridized carbons (Fsp3) is 0.857. The zero-order chi connectivity index (χ0) is 16.5. The summed E-state index contributed by atoms with van der Waals surface area (Å²) in [6.07, 6.45) is 18.8. The monoisotopic (exact) mass is 320 g/mol. The maximum atomic E-state index is 10.4. The molecule has 1 fully saturated rings. The van der Waals surface area contributed by atoms with Gasteiger partial charge < -0.3 is 5.11 Å². The highest BCUT2D eigenvalue weighted by molar-refractivity contribution is 5.66. The van der Waals surface area contributed by atoms with Gasteiger partial charge in [0.1, 0.15) is 0 Å². The first-order chi connectivity index (χ1) is 11.2. The number of allylic oxidation sites excluding steroid dienone is 2. The molecule has 1 N–H and O–H groups in total. The Bertz CT molecular complexity index is 397. The number of aliphatic carboxylic acids is 1. The lowest BCUT2D eigenvalue weighted by molar-refractivity contribution is -0.137. The van der Waals surface area contributed by atoms with Crippen LogP contribution in [0.3, 0.4) is 0 Å². The Morgan fingerprint density at radius 2 is 1.52 bits per heavy atom. The highest BCUT2D eigenvalue weighted by Gasteiger charge is 2.36. The fourth-order valence-electron chi connectivity index (χ4n) is 4.65. The van der Waals surface area contributed by atoms with E-state index < -0.39 is 5.97 Å². The van der Waals surface area contributed by atoms with Crippen LogP contribution in [0.4, 0.5) is 0 Å². The summed E-state index contributed by atoms with van der Waals surface area (Å²) in [7, 11) is 0. The van der Waals surface area contributed by atoms with Crippen molar-refractivity contribution in [3.8, 4) is 0 Å². The molecule has 0 aromatic carbocycles. The van der Waals surface area contributed by atoms with E-state index in [0.717, 1.165) is 24.7 Å². The van der Waals surface area contributed by atoms with Gasteiger partial charge in [0.15, 0.2) is 0 Å². The lowest BCUT2D eigenvalue weighted by atomic mass is 9.85. The second kappa shape index (κ2) is 10.2. The lowest BCUT2D eigenvalue weighted by Gasteiger charge is -2.20. The molecular weight excluding hydrogens is 284 g/mol. The summed E-state index contributed by atoms with van der Waals surface area (Å²) in [5.41, 5.74) is 3.70. The average Bonchev–Trinajstić information content (AvgIpc) is 3.12. The molecule has 0 aliphatic heterocycles. The topological polar surface area (TPSA) is 37.3 Å². The van der Waals surface area contributed by atoms with Crippen LogP contribution in [0, 0.1) is 11.8 Å². The third-order valence-electron chi connectivity index (χ3n) is 6.09. The predicted molar refractivity (Wildman–Crippen MR) is 96.6 cm³/mol. The van der Waals surface area contributed by atoms with E-state index in [4.69, 9.17) is 5.11 Å². The zero-order valence-corrected chi connectivity index (χ0v) is 15.1. The minimum atomic E-state index is -0.651. The van der Waals surface area contributed by atoms with Crippen molar-refractivity contribution in [2.45, 2.75) is 103 Å². The first-order valence-electron chi connectivity index (χ1n) is 10.1.